The molecular weight excluding hydrogens is 410 g/mol. The van der Waals surface area contributed by atoms with E-state index in [0.717, 1.165) is 28.3 Å². The second-order valence-electron chi connectivity index (χ2n) is 7.56. The van der Waals surface area contributed by atoms with Crippen LogP contribution < -0.4 is 15.5 Å². The Morgan fingerprint density at radius 3 is 2.61 bits per heavy atom. The van der Waals surface area contributed by atoms with Gasteiger partial charge in [0.05, 0.1) is 17.8 Å². The SMILES string of the molecule is COCC(=O)Nc1ccc(N2C(=S)N[C@@H](c3ccccn3)[C@H]2c2cc(C)[nH]c2C)cc1. The van der Waals surface area contributed by atoms with Crippen molar-refractivity contribution in [2.75, 3.05) is 23.9 Å². The summed E-state index contributed by atoms with van der Waals surface area (Å²) in [7, 11) is 1.49. The fourth-order valence-corrected chi connectivity index (χ4v) is 4.38. The first-order valence-electron chi connectivity index (χ1n) is 10.0. The number of aromatic nitrogens is 2. The van der Waals surface area contributed by atoms with Gasteiger partial charge in [-0.15, -0.1) is 0 Å². The predicted octanol–water partition coefficient (Wildman–Crippen LogP) is 3.79. The quantitative estimate of drug-likeness (QED) is 0.511. The van der Waals surface area contributed by atoms with Crippen molar-refractivity contribution < 1.29 is 9.53 Å². The summed E-state index contributed by atoms with van der Waals surface area (Å²) >= 11 is 5.75. The average molecular weight is 436 g/mol. The van der Waals surface area contributed by atoms with Gasteiger partial charge in [0.15, 0.2) is 5.11 Å². The molecule has 3 N–H and O–H groups in total. The van der Waals surface area contributed by atoms with E-state index in [-0.39, 0.29) is 24.6 Å². The summed E-state index contributed by atoms with van der Waals surface area (Å²) in [6.45, 7) is 4.14. The lowest BCUT2D eigenvalue weighted by atomic mass is 9.96. The standard InChI is InChI=1S/C23H25N5O2S/c1-14-12-18(15(2)25-14)22-21(19-6-4-5-11-24-19)27-23(31)28(22)17-9-7-16(8-10-17)26-20(29)13-30-3/h4-12,21-22,25H,13H2,1-3H3,(H,26,29)(H,27,31)/t21-,22+/m0/s1. The van der Waals surface area contributed by atoms with Crippen LogP contribution in [0.25, 0.3) is 0 Å². The molecule has 31 heavy (non-hydrogen) atoms. The lowest BCUT2D eigenvalue weighted by Crippen LogP contribution is -2.29. The number of carbonyl (C=O) groups is 1. The van der Waals surface area contributed by atoms with Crippen LogP contribution in [-0.2, 0) is 9.53 Å². The molecule has 1 saturated heterocycles. The maximum Gasteiger partial charge on any atom is 0.250 e. The lowest BCUT2D eigenvalue weighted by molar-refractivity contribution is -0.119. The normalized spacial score (nSPS) is 18.2. The van der Waals surface area contributed by atoms with E-state index in [0.29, 0.717) is 10.8 Å². The van der Waals surface area contributed by atoms with Crippen molar-refractivity contribution in [3.8, 4) is 0 Å². The van der Waals surface area contributed by atoms with Gasteiger partial charge in [0.2, 0.25) is 5.91 Å². The van der Waals surface area contributed by atoms with Crippen LogP contribution in [0.1, 0.15) is 34.7 Å². The van der Waals surface area contributed by atoms with Gasteiger partial charge in [-0.1, -0.05) is 6.07 Å². The summed E-state index contributed by atoms with van der Waals surface area (Å²) in [6.07, 6.45) is 1.80. The molecule has 3 heterocycles. The van der Waals surface area contributed by atoms with Gasteiger partial charge in [0.1, 0.15) is 6.61 Å². The van der Waals surface area contributed by atoms with Gasteiger partial charge in [0.25, 0.3) is 0 Å². The number of pyridine rings is 1. The molecule has 160 valence electrons. The Hall–Kier alpha value is -3.23. The molecule has 1 aromatic carbocycles. The Labute approximate surface area is 186 Å². The molecule has 1 aliphatic rings. The van der Waals surface area contributed by atoms with E-state index in [1.165, 1.54) is 7.11 Å². The number of anilines is 2. The number of H-pyrrole nitrogens is 1. The van der Waals surface area contributed by atoms with Crippen LogP contribution >= 0.6 is 12.2 Å². The van der Waals surface area contributed by atoms with Crippen molar-refractivity contribution in [3.63, 3.8) is 0 Å². The van der Waals surface area contributed by atoms with Gasteiger partial charge in [-0.25, -0.2) is 0 Å². The molecule has 0 radical (unpaired) electrons. The summed E-state index contributed by atoms with van der Waals surface area (Å²) in [4.78, 5) is 21.9. The van der Waals surface area contributed by atoms with Crippen LogP contribution in [0.3, 0.4) is 0 Å². The predicted molar refractivity (Wildman–Crippen MR) is 125 cm³/mol. The molecule has 2 atom stereocenters. The number of aryl methyl sites for hydroxylation is 2. The first-order valence-corrected chi connectivity index (χ1v) is 10.4. The zero-order chi connectivity index (χ0) is 22.0. The number of amides is 1. The van der Waals surface area contributed by atoms with E-state index < -0.39 is 0 Å². The fraction of sp³-hybridized carbons (Fsp3) is 0.261. The highest BCUT2D eigenvalue weighted by atomic mass is 32.1. The van der Waals surface area contributed by atoms with E-state index in [4.69, 9.17) is 17.0 Å². The number of thiocarbonyl (C=S) groups is 1. The second kappa shape index (κ2) is 8.87. The molecule has 8 heteroatoms. The third-order valence-corrected chi connectivity index (χ3v) is 5.63. The van der Waals surface area contributed by atoms with E-state index in [9.17, 15) is 4.79 Å². The first-order chi connectivity index (χ1) is 15.0. The number of nitrogens with one attached hydrogen (secondary N) is 3. The molecule has 3 aromatic rings. The number of nitrogens with zero attached hydrogens (tertiary/aromatic N) is 2. The number of hydrogen-bond acceptors (Lipinski definition) is 4. The zero-order valence-corrected chi connectivity index (χ0v) is 18.5. The van der Waals surface area contributed by atoms with E-state index >= 15 is 0 Å². The van der Waals surface area contributed by atoms with Gasteiger partial charge in [-0.2, -0.15) is 0 Å². The molecule has 0 spiro atoms. The van der Waals surface area contributed by atoms with Crippen LogP contribution in [0, 0.1) is 13.8 Å². The Morgan fingerprint density at radius 2 is 2.00 bits per heavy atom. The zero-order valence-electron chi connectivity index (χ0n) is 17.7. The highest BCUT2D eigenvalue weighted by Crippen LogP contribution is 2.42. The van der Waals surface area contributed by atoms with Gasteiger partial charge in [-0.05, 0) is 74.1 Å². The summed E-state index contributed by atoms with van der Waals surface area (Å²) in [5, 5.41) is 6.91. The van der Waals surface area contributed by atoms with Crippen LogP contribution in [0.4, 0.5) is 11.4 Å². The van der Waals surface area contributed by atoms with Crippen molar-refractivity contribution in [1.82, 2.24) is 15.3 Å². The highest BCUT2D eigenvalue weighted by molar-refractivity contribution is 7.80. The van der Waals surface area contributed by atoms with Gasteiger partial charge in [-0.3, -0.25) is 9.78 Å². The maximum absolute atomic E-state index is 11.8. The van der Waals surface area contributed by atoms with Crippen molar-refractivity contribution in [3.05, 3.63) is 77.4 Å². The van der Waals surface area contributed by atoms with E-state index in [2.05, 4.69) is 45.4 Å². The molecule has 0 saturated carbocycles. The number of carbonyl (C=O) groups excluding carboxylic acids is 1. The minimum absolute atomic E-state index is 0.0157. The smallest absolute Gasteiger partial charge is 0.250 e. The maximum atomic E-state index is 11.8. The Balaban J connectivity index is 1.70. The number of methoxy groups -OCH3 is 1. The summed E-state index contributed by atoms with van der Waals surface area (Å²) in [6, 6.07) is 15.6. The van der Waals surface area contributed by atoms with Gasteiger partial charge < -0.3 is 25.3 Å². The molecule has 1 amide bonds. The third-order valence-electron chi connectivity index (χ3n) is 5.31. The topological polar surface area (TPSA) is 82.3 Å². The van der Waals surface area contributed by atoms with E-state index in [1.54, 1.807) is 6.20 Å². The van der Waals surface area contributed by atoms with Crippen LogP contribution in [0.15, 0.2) is 54.7 Å². The summed E-state index contributed by atoms with van der Waals surface area (Å²) in [5.41, 5.74) is 5.93. The largest absolute Gasteiger partial charge is 0.375 e. The monoisotopic (exact) mass is 435 g/mol. The van der Waals surface area contributed by atoms with Gasteiger partial charge >= 0.3 is 0 Å². The summed E-state index contributed by atoms with van der Waals surface area (Å²) in [5.74, 6) is -0.194. The van der Waals surface area contributed by atoms with Crippen LogP contribution in [0.2, 0.25) is 0 Å². The van der Waals surface area contributed by atoms with Crippen molar-refractivity contribution >= 4 is 34.6 Å². The Morgan fingerprint density at radius 1 is 1.23 bits per heavy atom. The Kier molecular flexibility index (Phi) is 6.01. The second-order valence-corrected chi connectivity index (χ2v) is 7.94. The third kappa shape index (κ3) is 4.30. The number of rotatable bonds is 6. The molecule has 1 aliphatic heterocycles. The lowest BCUT2D eigenvalue weighted by Gasteiger charge is -2.28. The molecule has 7 nitrogen and oxygen atoms in total. The van der Waals surface area contributed by atoms with Crippen molar-refractivity contribution in [1.29, 1.82) is 0 Å². The first kappa shape index (κ1) is 21.0. The Bertz CT molecular complexity index is 1080. The summed E-state index contributed by atoms with van der Waals surface area (Å²) < 4.78 is 4.87. The minimum atomic E-state index is -0.194. The molecule has 0 bridgehead atoms. The molecular formula is C23H25N5O2S. The van der Waals surface area contributed by atoms with Gasteiger partial charge in [0, 0.05) is 36.1 Å². The molecule has 0 unspecified atom stereocenters. The average Bonchev–Trinajstić information content (AvgIpc) is 3.27. The number of ether oxygens (including phenoxy) is 1. The molecule has 2 aromatic heterocycles. The van der Waals surface area contributed by atoms with Crippen molar-refractivity contribution in [2.24, 2.45) is 0 Å². The van der Waals surface area contributed by atoms with E-state index in [1.807, 2.05) is 42.5 Å². The molecule has 4 rings (SSSR count). The minimum Gasteiger partial charge on any atom is -0.375 e. The number of benzene rings is 1. The highest BCUT2D eigenvalue weighted by Gasteiger charge is 2.41. The van der Waals surface area contributed by atoms with Crippen molar-refractivity contribution in [2.45, 2.75) is 25.9 Å². The van der Waals surface area contributed by atoms with Crippen LogP contribution in [-0.4, -0.2) is 34.7 Å². The van der Waals surface area contributed by atoms with Crippen LogP contribution in [0.5, 0.6) is 0 Å². The molecule has 1 fully saturated rings. The fourth-order valence-electron chi connectivity index (χ4n) is 4.04. The molecule has 0 aliphatic carbocycles. The number of hydrogen-bond donors (Lipinski definition) is 3. The number of aromatic amines is 1.